The Morgan fingerprint density at radius 1 is 1.07 bits per heavy atom. The van der Waals surface area contributed by atoms with E-state index < -0.39 is 18.2 Å². The molecule has 2 heterocycles. The molecule has 3 aromatic rings. The van der Waals surface area contributed by atoms with Crippen LogP contribution in [0.5, 0.6) is 5.95 Å². The van der Waals surface area contributed by atoms with Gasteiger partial charge in [-0.3, -0.25) is 10.1 Å². The van der Waals surface area contributed by atoms with Gasteiger partial charge in [-0.2, -0.15) is 0 Å². The number of fused-ring (bicyclic) bond motifs is 1. The average molecular weight is 375 g/mol. The van der Waals surface area contributed by atoms with Crippen LogP contribution in [0.25, 0.3) is 0 Å². The second kappa shape index (κ2) is 7.40. The summed E-state index contributed by atoms with van der Waals surface area (Å²) in [5, 5.41) is 5.28. The number of anilines is 1. The zero-order valence-corrected chi connectivity index (χ0v) is 15.0. The first-order chi connectivity index (χ1) is 13.6. The first-order valence-corrected chi connectivity index (χ1v) is 8.68. The normalized spacial score (nSPS) is 15.7. The lowest BCUT2D eigenvalue weighted by Crippen LogP contribution is -2.43. The molecular weight excluding hydrogens is 358 g/mol. The highest BCUT2D eigenvalue weighted by molar-refractivity contribution is 6.19. The Balaban J connectivity index is 1.65. The van der Waals surface area contributed by atoms with Crippen molar-refractivity contribution in [3.05, 3.63) is 83.6 Å². The Hall–Kier alpha value is -3.87. The van der Waals surface area contributed by atoms with Crippen molar-refractivity contribution >= 4 is 23.4 Å². The number of nitrogens with one attached hydrogen (secondary N) is 2. The van der Waals surface area contributed by atoms with Crippen molar-refractivity contribution in [2.24, 2.45) is 4.99 Å². The zero-order chi connectivity index (χ0) is 19.5. The molecule has 140 valence electrons. The molecule has 2 aromatic carbocycles. The first-order valence-electron chi connectivity index (χ1n) is 8.68. The molecule has 28 heavy (non-hydrogen) atoms. The lowest BCUT2D eigenvalue weighted by Gasteiger charge is -2.12. The number of hydrogen-bond donors (Lipinski definition) is 2. The predicted octanol–water partition coefficient (Wildman–Crippen LogP) is 3.49. The summed E-state index contributed by atoms with van der Waals surface area (Å²) in [5.74, 6) is 0.181. The molecule has 2 N–H and O–H groups in total. The Morgan fingerprint density at radius 3 is 2.57 bits per heavy atom. The van der Waals surface area contributed by atoms with Gasteiger partial charge < -0.3 is 14.5 Å². The van der Waals surface area contributed by atoms with E-state index in [1.54, 1.807) is 19.1 Å². The summed E-state index contributed by atoms with van der Waals surface area (Å²) in [7, 11) is 0. The van der Waals surface area contributed by atoms with E-state index in [0.717, 1.165) is 11.1 Å². The summed E-state index contributed by atoms with van der Waals surface area (Å²) in [6, 6.07) is 20.0. The molecule has 0 fully saturated rings. The van der Waals surface area contributed by atoms with Crippen LogP contribution in [0.4, 0.5) is 10.5 Å². The number of aryl methyl sites for hydroxylation is 1. The third-order valence-electron chi connectivity index (χ3n) is 4.16. The molecule has 1 atom stereocenters. The molecule has 1 aromatic heterocycles. The van der Waals surface area contributed by atoms with Gasteiger partial charge in [0, 0.05) is 17.2 Å². The summed E-state index contributed by atoms with van der Waals surface area (Å²) in [4.78, 5) is 29.4. The van der Waals surface area contributed by atoms with E-state index in [1.807, 2.05) is 48.5 Å². The molecule has 0 spiro atoms. The number of nitrogens with zero attached hydrogens (tertiary/aromatic N) is 1. The highest BCUT2D eigenvalue weighted by Gasteiger charge is 2.27. The van der Waals surface area contributed by atoms with Gasteiger partial charge in [0.05, 0.1) is 11.4 Å². The second-order valence-corrected chi connectivity index (χ2v) is 6.18. The Labute approximate surface area is 161 Å². The van der Waals surface area contributed by atoms with Gasteiger partial charge in [0.15, 0.2) is 0 Å². The van der Waals surface area contributed by atoms with E-state index in [-0.39, 0.29) is 5.95 Å². The van der Waals surface area contributed by atoms with Gasteiger partial charge in [0.1, 0.15) is 5.76 Å². The quantitative estimate of drug-likeness (QED) is 0.733. The molecular formula is C21H17N3O4. The van der Waals surface area contributed by atoms with Gasteiger partial charge in [-0.15, -0.1) is 0 Å². The minimum Gasteiger partial charge on any atom is -0.431 e. The van der Waals surface area contributed by atoms with Crippen LogP contribution in [-0.2, 0) is 4.79 Å². The fraction of sp³-hybridized carbons (Fsp3) is 0.0952. The largest absolute Gasteiger partial charge is 0.431 e. The molecule has 1 unspecified atom stereocenters. The van der Waals surface area contributed by atoms with Crippen molar-refractivity contribution in [1.82, 2.24) is 5.32 Å². The van der Waals surface area contributed by atoms with Crippen LogP contribution in [0.2, 0.25) is 0 Å². The summed E-state index contributed by atoms with van der Waals surface area (Å²) >= 11 is 0. The SMILES string of the molecule is Cc1ccc(OC(=O)NC2N=C(c3ccccc3)c3ccccc3NC2=O)o1. The molecule has 7 nitrogen and oxygen atoms in total. The van der Waals surface area contributed by atoms with Crippen molar-refractivity contribution in [2.75, 3.05) is 5.32 Å². The van der Waals surface area contributed by atoms with Gasteiger partial charge in [-0.25, -0.2) is 9.79 Å². The molecule has 1 aliphatic heterocycles. The minimum absolute atomic E-state index is 0.0413. The summed E-state index contributed by atoms with van der Waals surface area (Å²) in [6.07, 6.45) is -2.00. The van der Waals surface area contributed by atoms with Gasteiger partial charge >= 0.3 is 6.09 Å². The number of aliphatic imine (C=N–C) groups is 1. The van der Waals surface area contributed by atoms with E-state index in [0.29, 0.717) is 17.2 Å². The highest BCUT2D eigenvalue weighted by Crippen LogP contribution is 2.23. The van der Waals surface area contributed by atoms with Crippen LogP contribution in [0.1, 0.15) is 16.9 Å². The van der Waals surface area contributed by atoms with Crippen molar-refractivity contribution < 1.29 is 18.7 Å². The number of ether oxygens (including phenoxy) is 1. The number of hydrogen-bond acceptors (Lipinski definition) is 5. The fourth-order valence-electron chi connectivity index (χ4n) is 2.88. The van der Waals surface area contributed by atoms with Crippen molar-refractivity contribution in [3.63, 3.8) is 0 Å². The second-order valence-electron chi connectivity index (χ2n) is 6.18. The van der Waals surface area contributed by atoms with Crippen LogP contribution >= 0.6 is 0 Å². The number of carbonyl (C=O) groups excluding carboxylic acids is 2. The highest BCUT2D eigenvalue weighted by atomic mass is 16.6. The van der Waals surface area contributed by atoms with Crippen molar-refractivity contribution in [1.29, 1.82) is 0 Å². The van der Waals surface area contributed by atoms with Crippen molar-refractivity contribution in [2.45, 2.75) is 13.1 Å². The smallest absolute Gasteiger partial charge is 0.417 e. The average Bonchev–Trinajstić information content (AvgIpc) is 3.04. The van der Waals surface area contributed by atoms with Gasteiger partial charge in [-0.1, -0.05) is 48.5 Å². The number of benzene rings is 2. The summed E-state index contributed by atoms with van der Waals surface area (Å²) < 4.78 is 10.3. The number of benzodiazepines with no additional fused rings is 1. The van der Waals surface area contributed by atoms with Crippen LogP contribution in [0.15, 0.2) is 76.1 Å². The predicted molar refractivity (Wildman–Crippen MR) is 104 cm³/mol. The maximum Gasteiger partial charge on any atom is 0.417 e. The number of carbonyl (C=O) groups is 2. The molecule has 0 saturated carbocycles. The number of rotatable bonds is 3. The molecule has 4 rings (SSSR count). The van der Waals surface area contributed by atoms with E-state index >= 15 is 0 Å². The van der Waals surface area contributed by atoms with Crippen LogP contribution in [-0.4, -0.2) is 23.9 Å². The van der Waals surface area contributed by atoms with E-state index in [4.69, 9.17) is 9.15 Å². The molecule has 7 heteroatoms. The van der Waals surface area contributed by atoms with Crippen LogP contribution < -0.4 is 15.4 Å². The molecule has 0 bridgehead atoms. The number of amides is 2. The lowest BCUT2D eigenvalue weighted by molar-refractivity contribution is -0.117. The number of furan rings is 1. The molecule has 2 amide bonds. The van der Waals surface area contributed by atoms with E-state index in [9.17, 15) is 9.59 Å². The molecule has 0 saturated heterocycles. The van der Waals surface area contributed by atoms with Gasteiger partial charge in [0.25, 0.3) is 11.9 Å². The molecule has 0 radical (unpaired) electrons. The Morgan fingerprint density at radius 2 is 1.82 bits per heavy atom. The van der Waals surface area contributed by atoms with Gasteiger partial charge in [-0.05, 0) is 19.1 Å². The number of para-hydroxylation sites is 1. The first kappa shape index (κ1) is 17.5. The van der Waals surface area contributed by atoms with E-state index in [1.165, 1.54) is 6.07 Å². The monoisotopic (exact) mass is 375 g/mol. The minimum atomic E-state index is -1.16. The van der Waals surface area contributed by atoms with E-state index in [2.05, 4.69) is 15.6 Å². The topological polar surface area (TPSA) is 92.9 Å². The standard InChI is InChI=1S/C21H17N3O4/c1-13-11-12-17(27-13)28-21(26)24-19-20(25)22-16-10-6-5-9-15(16)18(23-19)14-7-3-2-4-8-14/h2-12,19H,1H3,(H,22,25)(H,24,26). The van der Waals surface area contributed by atoms with Crippen molar-refractivity contribution in [3.8, 4) is 5.95 Å². The lowest BCUT2D eigenvalue weighted by atomic mass is 10.0. The summed E-state index contributed by atoms with van der Waals surface area (Å²) in [5.41, 5.74) is 2.80. The fourth-order valence-corrected chi connectivity index (χ4v) is 2.88. The van der Waals surface area contributed by atoms with Gasteiger partial charge in [0.2, 0.25) is 6.17 Å². The maximum atomic E-state index is 12.6. The molecule has 0 aliphatic carbocycles. The zero-order valence-electron chi connectivity index (χ0n) is 15.0. The third kappa shape index (κ3) is 3.64. The Bertz CT molecular complexity index is 1060. The third-order valence-corrected chi connectivity index (χ3v) is 4.16. The maximum absolute atomic E-state index is 12.6. The summed E-state index contributed by atoms with van der Waals surface area (Å²) in [6.45, 7) is 1.73. The Kier molecular flexibility index (Phi) is 4.63. The van der Waals surface area contributed by atoms with Crippen LogP contribution in [0, 0.1) is 6.92 Å². The molecule has 1 aliphatic rings. The van der Waals surface area contributed by atoms with Crippen LogP contribution in [0.3, 0.4) is 0 Å².